The number of benzene rings is 2. The number of carbonyl (C=O) groups is 2. The molecule has 9 heteroatoms. The summed E-state index contributed by atoms with van der Waals surface area (Å²) >= 11 is 0. The van der Waals surface area contributed by atoms with Crippen LogP contribution in [0.15, 0.2) is 41.5 Å². The van der Waals surface area contributed by atoms with Gasteiger partial charge in [0, 0.05) is 5.56 Å². The third kappa shape index (κ3) is 5.68. The van der Waals surface area contributed by atoms with Crippen molar-refractivity contribution < 1.29 is 28.2 Å². The number of halogens is 1. The number of methoxy groups -OCH3 is 3. The number of hydrazone groups is 1. The van der Waals surface area contributed by atoms with Crippen molar-refractivity contribution in [3.63, 3.8) is 0 Å². The Morgan fingerprint density at radius 1 is 0.966 bits per heavy atom. The second-order valence-electron chi connectivity index (χ2n) is 5.84. The smallest absolute Gasteiger partial charge is 0.259 e. The zero-order valence-electron chi connectivity index (χ0n) is 16.5. The van der Waals surface area contributed by atoms with Crippen LogP contribution in [0, 0.1) is 5.82 Å². The topological polar surface area (TPSA) is 98.2 Å². The standard InChI is InChI=1S/C20H22FN3O5/c1-12(13-5-7-15(21)8-6-13)23-24-18(25)11-22-20(26)14-9-16(27-2)19(29-4)17(10-14)28-3/h5-10H,11H2,1-4H3,(H,22,26)(H,24,25)/b23-12-. The first-order chi connectivity index (χ1) is 13.9. The highest BCUT2D eigenvalue weighted by Crippen LogP contribution is 2.38. The van der Waals surface area contributed by atoms with Gasteiger partial charge in [-0.05, 0) is 36.8 Å². The molecule has 0 bridgehead atoms. The molecule has 2 amide bonds. The number of hydrogen-bond donors (Lipinski definition) is 2. The number of nitrogens with one attached hydrogen (secondary N) is 2. The Kier molecular flexibility index (Phi) is 7.53. The average Bonchev–Trinajstić information content (AvgIpc) is 2.74. The van der Waals surface area contributed by atoms with Crippen molar-refractivity contribution in [2.75, 3.05) is 27.9 Å². The van der Waals surface area contributed by atoms with E-state index in [2.05, 4.69) is 15.8 Å². The van der Waals surface area contributed by atoms with Gasteiger partial charge >= 0.3 is 0 Å². The molecule has 2 rings (SSSR count). The Labute approximate surface area is 167 Å². The summed E-state index contributed by atoms with van der Waals surface area (Å²) in [6, 6.07) is 8.65. The van der Waals surface area contributed by atoms with E-state index in [1.807, 2.05) is 0 Å². The lowest BCUT2D eigenvalue weighted by Gasteiger charge is -2.14. The Morgan fingerprint density at radius 2 is 1.55 bits per heavy atom. The lowest BCUT2D eigenvalue weighted by molar-refractivity contribution is -0.120. The van der Waals surface area contributed by atoms with Crippen molar-refractivity contribution in [2.24, 2.45) is 5.10 Å². The van der Waals surface area contributed by atoms with E-state index < -0.39 is 11.8 Å². The summed E-state index contributed by atoms with van der Waals surface area (Å²) in [6.45, 7) is 1.37. The van der Waals surface area contributed by atoms with Crippen LogP contribution in [0.2, 0.25) is 0 Å². The van der Waals surface area contributed by atoms with Crippen LogP contribution in [-0.2, 0) is 4.79 Å². The maximum Gasteiger partial charge on any atom is 0.259 e. The number of carbonyl (C=O) groups excluding carboxylic acids is 2. The second-order valence-corrected chi connectivity index (χ2v) is 5.84. The van der Waals surface area contributed by atoms with Crippen LogP contribution in [0.5, 0.6) is 17.2 Å². The van der Waals surface area contributed by atoms with Crippen LogP contribution in [0.1, 0.15) is 22.8 Å². The molecule has 0 aliphatic heterocycles. The van der Waals surface area contributed by atoms with Crippen molar-refractivity contribution in [1.82, 2.24) is 10.7 Å². The summed E-state index contributed by atoms with van der Waals surface area (Å²) in [7, 11) is 4.33. The predicted molar refractivity (Wildman–Crippen MR) is 105 cm³/mol. The first-order valence-electron chi connectivity index (χ1n) is 8.56. The molecule has 2 N–H and O–H groups in total. The number of nitrogens with zero attached hydrogens (tertiary/aromatic N) is 1. The van der Waals surface area contributed by atoms with Gasteiger partial charge in [-0.3, -0.25) is 9.59 Å². The molecule has 0 spiro atoms. The monoisotopic (exact) mass is 403 g/mol. The quantitative estimate of drug-likeness (QED) is 0.520. The van der Waals surface area contributed by atoms with Gasteiger partial charge in [-0.2, -0.15) is 5.10 Å². The molecule has 2 aromatic rings. The minimum Gasteiger partial charge on any atom is -0.493 e. The van der Waals surface area contributed by atoms with Gasteiger partial charge in [0.05, 0.1) is 33.6 Å². The third-order valence-corrected chi connectivity index (χ3v) is 3.95. The van der Waals surface area contributed by atoms with Gasteiger partial charge in [-0.15, -0.1) is 0 Å². The molecule has 0 aliphatic rings. The third-order valence-electron chi connectivity index (χ3n) is 3.95. The lowest BCUT2D eigenvalue weighted by Crippen LogP contribution is -2.35. The van der Waals surface area contributed by atoms with Crippen LogP contribution in [0.25, 0.3) is 0 Å². The van der Waals surface area contributed by atoms with Crippen LogP contribution in [0.4, 0.5) is 4.39 Å². The normalized spacial score (nSPS) is 10.9. The molecule has 0 aliphatic carbocycles. The summed E-state index contributed by atoms with van der Waals surface area (Å²) in [5.74, 6) is -0.386. The molecule has 0 aromatic heterocycles. The fourth-order valence-corrected chi connectivity index (χ4v) is 2.42. The van der Waals surface area contributed by atoms with Crippen molar-refractivity contribution in [3.8, 4) is 17.2 Å². The molecule has 0 unspecified atom stereocenters. The zero-order valence-corrected chi connectivity index (χ0v) is 16.5. The first-order valence-corrected chi connectivity index (χ1v) is 8.56. The number of amides is 2. The Morgan fingerprint density at radius 3 is 2.07 bits per heavy atom. The Hall–Kier alpha value is -3.62. The van der Waals surface area contributed by atoms with Crippen molar-refractivity contribution in [1.29, 1.82) is 0 Å². The molecular formula is C20H22FN3O5. The summed E-state index contributed by atoms with van der Waals surface area (Å²) in [5, 5.41) is 6.43. The van der Waals surface area contributed by atoms with Gasteiger partial charge in [0.2, 0.25) is 5.75 Å². The highest BCUT2D eigenvalue weighted by molar-refractivity contribution is 6.00. The summed E-state index contributed by atoms with van der Waals surface area (Å²) in [5.41, 5.74) is 3.73. The number of hydrogen-bond acceptors (Lipinski definition) is 6. The van der Waals surface area contributed by atoms with Crippen LogP contribution in [0.3, 0.4) is 0 Å². The molecule has 0 saturated carbocycles. The minimum atomic E-state index is -0.521. The summed E-state index contributed by atoms with van der Waals surface area (Å²) in [6.07, 6.45) is 0. The molecule has 8 nitrogen and oxygen atoms in total. The molecule has 154 valence electrons. The molecule has 0 heterocycles. The van der Waals surface area contributed by atoms with Crippen LogP contribution in [-0.4, -0.2) is 45.4 Å². The van der Waals surface area contributed by atoms with Crippen LogP contribution < -0.4 is 25.0 Å². The fourth-order valence-electron chi connectivity index (χ4n) is 2.42. The van der Waals surface area contributed by atoms with E-state index >= 15 is 0 Å². The minimum absolute atomic E-state index is 0.235. The predicted octanol–water partition coefficient (Wildman–Crippen LogP) is 2.12. The average molecular weight is 403 g/mol. The maximum absolute atomic E-state index is 12.9. The number of rotatable bonds is 8. The van der Waals surface area contributed by atoms with E-state index in [1.54, 1.807) is 19.1 Å². The van der Waals surface area contributed by atoms with Gasteiger partial charge in [-0.1, -0.05) is 12.1 Å². The first kappa shape index (κ1) is 21.7. The molecule has 0 atom stereocenters. The lowest BCUT2D eigenvalue weighted by atomic mass is 10.1. The van der Waals surface area contributed by atoms with Crippen molar-refractivity contribution in [2.45, 2.75) is 6.92 Å². The van der Waals surface area contributed by atoms with Gasteiger partial charge in [0.25, 0.3) is 11.8 Å². The van der Waals surface area contributed by atoms with E-state index in [4.69, 9.17) is 14.2 Å². The molecule has 0 fully saturated rings. The van der Waals surface area contributed by atoms with Crippen molar-refractivity contribution >= 4 is 17.5 Å². The zero-order chi connectivity index (χ0) is 21.4. The highest BCUT2D eigenvalue weighted by atomic mass is 19.1. The Bertz CT molecular complexity index is 888. The van der Waals surface area contributed by atoms with Gasteiger partial charge < -0.3 is 19.5 Å². The maximum atomic E-state index is 12.9. The second kappa shape index (κ2) is 10.1. The molecular weight excluding hydrogens is 381 g/mol. The molecule has 0 saturated heterocycles. The SMILES string of the molecule is COc1cc(C(=O)NCC(=O)N/N=C(/C)c2ccc(F)cc2)cc(OC)c1OC. The van der Waals surface area contributed by atoms with Crippen molar-refractivity contribution in [3.05, 3.63) is 53.3 Å². The Balaban J connectivity index is 1.98. The van der Waals surface area contributed by atoms with Gasteiger partial charge in [0.15, 0.2) is 11.5 Å². The summed E-state index contributed by atoms with van der Waals surface area (Å²) < 4.78 is 28.6. The summed E-state index contributed by atoms with van der Waals surface area (Å²) in [4.78, 5) is 24.3. The van der Waals surface area contributed by atoms with Crippen LogP contribution >= 0.6 is 0 Å². The largest absolute Gasteiger partial charge is 0.493 e. The van der Waals surface area contributed by atoms with E-state index in [0.717, 1.165) is 0 Å². The van der Waals surface area contributed by atoms with E-state index in [9.17, 15) is 14.0 Å². The van der Waals surface area contributed by atoms with Gasteiger partial charge in [-0.25, -0.2) is 9.82 Å². The molecule has 2 aromatic carbocycles. The van der Waals surface area contributed by atoms with E-state index in [0.29, 0.717) is 28.5 Å². The van der Waals surface area contributed by atoms with E-state index in [1.165, 1.54) is 45.6 Å². The fraction of sp³-hybridized carbons (Fsp3) is 0.250. The van der Waals surface area contributed by atoms with E-state index in [-0.39, 0.29) is 17.9 Å². The molecule has 0 radical (unpaired) electrons. The highest BCUT2D eigenvalue weighted by Gasteiger charge is 2.17. The molecule has 29 heavy (non-hydrogen) atoms. The van der Waals surface area contributed by atoms with Gasteiger partial charge in [0.1, 0.15) is 5.82 Å². The number of ether oxygens (including phenoxy) is 3.